The minimum Gasteiger partial charge on any atom is -0.276 e. The molecule has 3 rings (SSSR count). The lowest BCUT2D eigenvalue weighted by atomic mass is 10.2. The fourth-order valence-corrected chi connectivity index (χ4v) is 3.84. The van der Waals surface area contributed by atoms with E-state index < -0.39 is 15.8 Å². The minimum absolute atomic E-state index is 0.172. The van der Waals surface area contributed by atoms with Crippen LogP contribution in [0.4, 0.5) is 14.5 Å². The Hall–Kier alpha value is -2.74. The van der Waals surface area contributed by atoms with Crippen molar-refractivity contribution in [2.45, 2.75) is 25.3 Å². The third-order valence-electron chi connectivity index (χ3n) is 3.95. The maximum atomic E-state index is 13.3. The fraction of sp³-hybridized carbons (Fsp3) is 0.167. The van der Waals surface area contributed by atoms with Crippen molar-refractivity contribution < 1.29 is 17.2 Å². The molecule has 5 nitrogen and oxygen atoms in total. The van der Waals surface area contributed by atoms with Gasteiger partial charge in [-0.3, -0.25) is 9.40 Å². The fourth-order valence-electron chi connectivity index (χ4n) is 2.63. The SMILES string of the molecule is Cc1nn(Cc2cccc(F)c2)c(C)c1NS(=O)(=O)c1cccc(F)c1. The molecule has 26 heavy (non-hydrogen) atoms. The van der Waals surface area contributed by atoms with Crippen LogP contribution in [-0.4, -0.2) is 18.2 Å². The normalized spacial score (nSPS) is 11.5. The summed E-state index contributed by atoms with van der Waals surface area (Å²) < 4.78 is 55.7. The van der Waals surface area contributed by atoms with Gasteiger partial charge in [0.05, 0.1) is 28.5 Å². The first kappa shape index (κ1) is 18.1. The van der Waals surface area contributed by atoms with Gasteiger partial charge in [-0.15, -0.1) is 0 Å². The molecule has 0 aliphatic heterocycles. The number of aryl methyl sites for hydroxylation is 1. The van der Waals surface area contributed by atoms with Gasteiger partial charge in [-0.1, -0.05) is 18.2 Å². The average molecular weight is 377 g/mol. The molecule has 0 spiro atoms. The lowest BCUT2D eigenvalue weighted by molar-refractivity contribution is 0.595. The van der Waals surface area contributed by atoms with Crippen LogP contribution in [0.3, 0.4) is 0 Å². The minimum atomic E-state index is -3.95. The topological polar surface area (TPSA) is 64.0 Å². The van der Waals surface area contributed by atoms with Crippen LogP contribution in [0.2, 0.25) is 0 Å². The van der Waals surface area contributed by atoms with E-state index in [1.54, 1.807) is 30.7 Å². The van der Waals surface area contributed by atoms with E-state index in [1.807, 2.05) is 0 Å². The quantitative estimate of drug-likeness (QED) is 0.739. The van der Waals surface area contributed by atoms with Crippen LogP contribution in [0.1, 0.15) is 17.0 Å². The van der Waals surface area contributed by atoms with Crippen LogP contribution in [0.25, 0.3) is 0 Å². The molecule has 1 N–H and O–H groups in total. The van der Waals surface area contributed by atoms with Gasteiger partial charge in [0.1, 0.15) is 11.6 Å². The van der Waals surface area contributed by atoms with Crippen molar-refractivity contribution in [1.29, 1.82) is 0 Å². The Balaban J connectivity index is 1.91. The largest absolute Gasteiger partial charge is 0.276 e. The van der Waals surface area contributed by atoms with Crippen molar-refractivity contribution in [3.8, 4) is 0 Å². The second-order valence-corrected chi connectivity index (χ2v) is 7.58. The molecule has 3 aromatic rings. The molecule has 0 atom stereocenters. The van der Waals surface area contributed by atoms with Crippen molar-refractivity contribution in [2.24, 2.45) is 0 Å². The summed E-state index contributed by atoms with van der Waals surface area (Å²) >= 11 is 0. The Morgan fingerprint density at radius 2 is 1.69 bits per heavy atom. The number of aromatic nitrogens is 2. The average Bonchev–Trinajstić information content (AvgIpc) is 2.82. The standard InChI is InChI=1S/C18H17F2N3O2S/c1-12-18(22-26(24,25)17-8-4-7-16(20)10-17)13(2)23(21-12)11-14-5-3-6-15(19)9-14/h3-10,22H,11H2,1-2H3. The Bertz CT molecular complexity index is 1060. The third kappa shape index (κ3) is 3.75. The van der Waals surface area contributed by atoms with Crippen molar-refractivity contribution in [1.82, 2.24) is 9.78 Å². The zero-order chi connectivity index (χ0) is 18.9. The molecule has 0 aliphatic rings. The molecule has 8 heteroatoms. The summed E-state index contributed by atoms with van der Waals surface area (Å²) in [6.07, 6.45) is 0. The highest BCUT2D eigenvalue weighted by molar-refractivity contribution is 7.92. The van der Waals surface area contributed by atoms with Crippen molar-refractivity contribution in [2.75, 3.05) is 4.72 Å². The predicted molar refractivity (Wildman–Crippen MR) is 94.4 cm³/mol. The first-order chi connectivity index (χ1) is 12.3. The molecule has 1 aromatic heterocycles. The Labute approximate surface area is 150 Å². The van der Waals surface area contributed by atoms with Gasteiger partial charge in [0.15, 0.2) is 0 Å². The number of rotatable bonds is 5. The van der Waals surface area contributed by atoms with E-state index in [9.17, 15) is 17.2 Å². The first-order valence-corrected chi connectivity index (χ1v) is 9.31. The summed E-state index contributed by atoms with van der Waals surface area (Å²) in [6.45, 7) is 3.67. The number of halogens is 2. The highest BCUT2D eigenvalue weighted by Gasteiger charge is 2.20. The monoisotopic (exact) mass is 377 g/mol. The van der Waals surface area contributed by atoms with Crippen LogP contribution >= 0.6 is 0 Å². The molecule has 0 fully saturated rings. The highest BCUT2D eigenvalue weighted by Crippen LogP contribution is 2.24. The van der Waals surface area contributed by atoms with Gasteiger partial charge in [-0.25, -0.2) is 17.2 Å². The molecule has 0 unspecified atom stereocenters. The van der Waals surface area contributed by atoms with Crippen LogP contribution < -0.4 is 4.72 Å². The number of sulfonamides is 1. The highest BCUT2D eigenvalue weighted by atomic mass is 32.2. The number of nitrogens with zero attached hydrogens (tertiary/aromatic N) is 2. The second kappa shape index (κ2) is 6.87. The van der Waals surface area contributed by atoms with E-state index in [-0.39, 0.29) is 10.7 Å². The second-order valence-electron chi connectivity index (χ2n) is 5.90. The van der Waals surface area contributed by atoms with E-state index in [0.717, 1.165) is 6.07 Å². The first-order valence-electron chi connectivity index (χ1n) is 7.83. The van der Waals surface area contributed by atoms with E-state index in [4.69, 9.17) is 0 Å². The smallest absolute Gasteiger partial charge is 0.262 e. The Morgan fingerprint density at radius 1 is 1.04 bits per heavy atom. The maximum absolute atomic E-state index is 13.3. The van der Waals surface area contributed by atoms with Crippen LogP contribution in [0, 0.1) is 25.5 Å². The van der Waals surface area contributed by atoms with Crippen molar-refractivity contribution >= 4 is 15.7 Å². The van der Waals surface area contributed by atoms with Crippen LogP contribution in [-0.2, 0) is 16.6 Å². The van der Waals surface area contributed by atoms with Gasteiger partial charge in [-0.05, 0) is 49.7 Å². The maximum Gasteiger partial charge on any atom is 0.262 e. The van der Waals surface area contributed by atoms with E-state index >= 15 is 0 Å². The number of anilines is 1. The molecule has 0 amide bonds. The van der Waals surface area contributed by atoms with Gasteiger partial charge < -0.3 is 0 Å². The molecule has 0 radical (unpaired) electrons. The summed E-state index contributed by atoms with van der Waals surface area (Å²) in [4.78, 5) is -0.172. The molecule has 0 bridgehead atoms. The van der Waals surface area contributed by atoms with Gasteiger partial charge in [0.2, 0.25) is 0 Å². The molecule has 1 heterocycles. The van der Waals surface area contributed by atoms with Gasteiger partial charge in [-0.2, -0.15) is 5.10 Å². The molecule has 0 saturated heterocycles. The molecule has 0 aliphatic carbocycles. The Morgan fingerprint density at radius 3 is 2.35 bits per heavy atom. The van der Waals surface area contributed by atoms with Gasteiger partial charge in [0, 0.05) is 0 Å². The molecule has 136 valence electrons. The molecular formula is C18H17F2N3O2S. The lowest BCUT2D eigenvalue weighted by Gasteiger charge is -2.09. The third-order valence-corrected chi connectivity index (χ3v) is 5.29. The van der Waals surface area contributed by atoms with E-state index in [1.165, 1.54) is 30.3 Å². The summed E-state index contributed by atoms with van der Waals surface area (Å²) in [5.41, 5.74) is 2.08. The number of hydrogen-bond donors (Lipinski definition) is 1. The summed E-state index contributed by atoms with van der Waals surface area (Å²) in [7, 11) is -3.95. The summed E-state index contributed by atoms with van der Waals surface area (Å²) in [5, 5.41) is 4.32. The zero-order valence-electron chi connectivity index (χ0n) is 14.2. The predicted octanol–water partition coefficient (Wildman–Crippen LogP) is 3.63. The zero-order valence-corrected chi connectivity index (χ0v) is 15.0. The van der Waals surface area contributed by atoms with Crippen molar-refractivity contribution in [3.05, 3.63) is 77.1 Å². The van der Waals surface area contributed by atoms with Crippen molar-refractivity contribution in [3.63, 3.8) is 0 Å². The summed E-state index contributed by atoms with van der Waals surface area (Å²) in [6, 6.07) is 10.9. The number of nitrogens with one attached hydrogen (secondary N) is 1. The van der Waals surface area contributed by atoms with Crippen LogP contribution in [0.15, 0.2) is 53.4 Å². The van der Waals surface area contributed by atoms with Crippen LogP contribution in [0.5, 0.6) is 0 Å². The van der Waals surface area contributed by atoms with Gasteiger partial charge in [0.25, 0.3) is 10.0 Å². The lowest BCUT2D eigenvalue weighted by Crippen LogP contribution is -2.14. The number of benzene rings is 2. The molecule has 0 saturated carbocycles. The summed E-state index contributed by atoms with van der Waals surface area (Å²) in [5.74, 6) is -0.987. The van der Waals surface area contributed by atoms with E-state index in [0.29, 0.717) is 29.2 Å². The van der Waals surface area contributed by atoms with E-state index in [2.05, 4.69) is 9.82 Å². The molecule has 2 aromatic carbocycles. The van der Waals surface area contributed by atoms with Gasteiger partial charge >= 0.3 is 0 Å². The Kier molecular flexibility index (Phi) is 4.78. The number of hydrogen-bond acceptors (Lipinski definition) is 3. The molecular weight excluding hydrogens is 360 g/mol.